The van der Waals surface area contributed by atoms with E-state index < -0.39 is 34.6 Å². The zero-order valence-corrected chi connectivity index (χ0v) is 20.4. The van der Waals surface area contributed by atoms with E-state index in [0.717, 1.165) is 49.1 Å². The molecule has 2 aromatic heterocycles. The largest absolute Gasteiger partial charge is 0.490 e. The van der Waals surface area contributed by atoms with Gasteiger partial charge in [0.15, 0.2) is 11.6 Å². The standard InChI is InChI=1S/C27H29F3N4O3/c1-15-11-16(13-17(31)12-15)18-7-8-32-14-22(18)34-27(36)21-5-3-20(29)26(33-21)24-19(28)4-6-23(25(24)30)37-10-2-9-35/h3-8,14-17,35H,2,9-13,31H2,1H3,(H,34,36). The van der Waals surface area contributed by atoms with Crippen LogP contribution in [-0.4, -0.2) is 40.2 Å². The molecule has 4 N–H and O–H groups in total. The molecular weight excluding hydrogens is 485 g/mol. The van der Waals surface area contributed by atoms with E-state index in [0.29, 0.717) is 11.6 Å². The van der Waals surface area contributed by atoms with E-state index in [4.69, 9.17) is 15.6 Å². The number of anilines is 1. The minimum atomic E-state index is -1.15. The first kappa shape index (κ1) is 26.6. The normalized spacial score (nSPS) is 19.5. The third-order valence-corrected chi connectivity index (χ3v) is 6.45. The van der Waals surface area contributed by atoms with E-state index in [1.165, 1.54) is 6.20 Å². The topological polar surface area (TPSA) is 110 Å². The molecule has 1 aromatic carbocycles. The monoisotopic (exact) mass is 514 g/mol. The second kappa shape index (κ2) is 11.7. The maximum absolute atomic E-state index is 15.1. The van der Waals surface area contributed by atoms with Crippen LogP contribution in [0.3, 0.4) is 0 Å². The Kier molecular flexibility index (Phi) is 8.40. The average molecular weight is 515 g/mol. The van der Waals surface area contributed by atoms with Crippen molar-refractivity contribution in [1.29, 1.82) is 0 Å². The fourth-order valence-electron chi connectivity index (χ4n) is 4.82. The van der Waals surface area contributed by atoms with E-state index in [9.17, 15) is 13.6 Å². The van der Waals surface area contributed by atoms with Gasteiger partial charge in [0.1, 0.15) is 23.0 Å². The van der Waals surface area contributed by atoms with Crippen molar-refractivity contribution in [3.63, 3.8) is 0 Å². The number of ether oxygens (including phenoxy) is 1. The van der Waals surface area contributed by atoms with Crippen molar-refractivity contribution in [2.45, 2.75) is 44.6 Å². The van der Waals surface area contributed by atoms with Crippen molar-refractivity contribution >= 4 is 11.6 Å². The number of nitrogens with one attached hydrogen (secondary N) is 1. The molecular formula is C27H29F3N4O3. The van der Waals surface area contributed by atoms with Gasteiger partial charge < -0.3 is 20.9 Å². The minimum Gasteiger partial charge on any atom is -0.490 e. The van der Waals surface area contributed by atoms with Crippen LogP contribution in [0.2, 0.25) is 0 Å². The Labute approximate surface area is 212 Å². The Hall–Kier alpha value is -3.50. The number of aliphatic hydroxyl groups excluding tert-OH is 1. The van der Waals surface area contributed by atoms with Crippen LogP contribution in [0.4, 0.5) is 18.9 Å². The number of carbonyl (C=O) groups is 1. The van der Waals surface area contributed by atoms with E-state index >= 15 is 4.39 Å². The summed E-state index contributed by atoms with van der Waals surface area (Å²) in [6.07, 6.45) is 6.02. The lowest BCUT2D eigenvalue weighted by atomic mass is 9.76. The fraction of sp³-hybridized carbons (Fsp3) is 0.370. The summed E-state index contributed by atoms with van der Waals surface area (Å²) in [6.45, 7) is 1.95. The molecule has 3 unspecified atom stereocenters. The quantitative estimate of drug-likeness (QED) is 0.373. The Balaban J connectivity index is 1.62. The molecule has 2 heterocycles. The maximum Gasteiger partial charge on any atom is 0.274 e. The summed E-state index contributed by atoms with van der Waals surface area (Å²) in [7, 11) is 0. The Morgan fingerprint density at radius 2 is 1.92 bits per heavy atom. The van der Waals surface area contributed by atoms with Gasteiger partial charge in [0, 0.05) is 25.3 Å². The summed E-state index contributed by atoms with van der Waals surface area (Å²) >= 11 is 0. The van der Waals surface area contributed by atoms with Crippen molar-refractivity contribution in [1.82, 2.24) is 9.97 Å². The third-order valence-electron chi connectivity index (χ3n) is 6.45. The number of rotatable bonds is 8. The Morgan fingerprint density at radius 3 is 2.68 bits per heavy atom. The number of halogens is 3. The molecule has 4 rings (SSSR count). The first-order valence-corrected chi connectivity index (χ1v) is 12.2. The zero-order valence-electron chi connectivity index (χ0n) is 20.4. The van der Waals surface area contributed by atoms with Crippen molar-refractivity contribution in [3.05, 3.63) is 71.4 Å². The first-order valence-electron chi connectivity index (χ1n) is 12.2. The maximum atomic E-state index is 15.1. The van der Waals surface area contributed by atoms with Gasteiger partial charge >= 0.3 is 0 Å². The number of hydrogen-bond acceptors (Lipinski definition) is 6. The van der Waals surface area contributed by atoms with Gasteiger partial charge in [-0.15, -0.1) is 0 Å². The van der Waals surface area contributed by atoms with Crippen LogP contribution in [0, 0.1) is 23.4 Å². The molecule has 3 atom stereocenters. The number of benzene rings is 1. The predicted molar refractivity (Wildman–Crippen MR) is 133 cm³/mol. The van der Waals surface area contributed by atoms with Gasteiger partial charge in [-0.2, -0.15) is 0 Å². The van der Waals surface area contributed by atoms with Gasteiger partial charge in [0.05, 0.1) is 24.1 Å². The predicted octanol–water partition coefficient (Wildman–Crippen LogP) is 4.81. The number of hydrogen-bond donors (Lipinski definition) is 3. The van der Waals surface area contributed by atoms with Crippen LogP contribution in [0.25, 0.3) is 11.3 Å². The van der Waals surface area contributed by atoms with Crippen LogP contribution in [-0.2, 0) is 0 Å². The summed E-state index contributed by atoms with van der Waals surface area (Å²) < 4.78 is 49.6. The lowest BCUT2D eigenvalue weighted by molar-refractivity contribution is 0.102. The van der Waals surface area contributed by atoms with Crippen molar-refractivity contribution in [2.75, 3.05) is 18.5 Å². The molecule has 7 nitrogen and oxygen atoms in total. The zero-order chi connectivity index (χ0) is 26.5. The molecule has 0 radical (unpaired) electrons. The number of pyridine rings is 2. The van der Waals surface area contributed by atoms with Crippen molar-refractivity contribution in [3.8, 4) is 17.0 Å². The summed E-state index contributed by atoms with van der Waals surface area (Å²) in [4.78, 5) is 21.2. The number of nitrogens with two attached hydrogens (primary N) is 1. The fourth-order valence-corrected chi connectivity index (χ4v) is 4.82. The number of amides is 1. The molecule has 1 amide bonds. The molecule has 3 aromatic rings. The molecule has 1 aliphatic carbocycles. The molecule has 196 valence electrons. The lowest BCUT2D eigenvalue weighted by Gasteiger charge is -2.32. The summed E-state index contributed by atoms with van der Waals surface area (Å²) in [5.41, 5.74) is 5.94. The van der Waals surface area contributed by atoms with E-state index in [-0.39, 0.29) is 43.0 Å². The van der Waals surface area contributed by atoms with Crippen LogP contribution in [0.5, 0.6) is 5.75 Å². The van der Waals surface area contributed by atoms with Gasteiger partial charge in [-0.1, -0.05) is 6.92 Å². The smallest absolute Gasteiger partial charge is 0.274 e. The van der Waals surface area contributed by atoms with Crippen LogP contribution < -0.4 is 15.8 Å². The number of aliphatic hydroxyl groups is 1. The number of nitrogens with zero attached hydrogens (tertiary/aromatic N) is 2. The van der Waals surface area contributed by atoms with Crippen LogP contribution >= 0.6 is 0 Å². The number of aromatic nitrogens is 2. The first-order chi connectivity index (χ1) is 17.8. The number of carbonyl (C=O) groups excluding carboxylic acids is 1. The molecule has 1 aliphatic rings. The highest BCUT2D eigenvalue weighted by atomic mass is 19.1. The molecule has 0 aliphatic heterocycles. The van der Waals surface area contributed by atoms with Crippen molar-refractivity contribution in [2.24, 2.45) is 11.7 Å². The van der Waals surface area contributed by atoms with Gasteiger partial charge in [-0.05, 0) is 67.0 Å². The third kappa shape index (κ3) is 6.08. The molecule has 0 spiro atoms. The van der Waals surface area contributed by atoms with Gasteiger partial charge in [-0.3, -0.25) is 9.78 Å². The van der Waals surface area contributed by atoms with E-state index in [2.05, 4.69) is 22.2 Å². The van der Waals surface area contributed by atoms with E-state index in [1.807, 2.05) is 6.07 Å². The highest BCUT2D eigenvalue weighted by Crippen LogP contribution is 2.38. The summed E-state index contributed by atoms with van der Waals surface area (Å²) in [5.74, 6) is -3.66. The molecule has 1 saturated carbocycles. The Morgan fingerprint density at radius 1 is 1.14 bits per heavy atom. The molecule has 10 heteroatoms. The molecule has 0 saturated heterocycles. The average Bonchev–Trinajstić information content (AvgIpc) is 2.86. The SMILES string of the molecule is CC1CC(N)CC(c2ccncc2NC(=O)c2ccc(F)c(-c3c(F)ccc(OCCCO)c3F)n2)C1. The van der Waals surface area contributed by atoms with E-state index in [1.54, 1.807) is 6.20 Å². The lowest BCUT2D eigenvalue weighted by Crippen LogP contribution is -2.31. The molecule has 0 bridgehead atoms. The summed E-state index contributed by atoms with van der Waals surface area (Å²) in [6, 6.07) is 5.96. The molecule has 37 heavy (non-hydrogen) atoms. The van der Waals surface area contributed by atoms with Gasteiger partial charge in [0.25, 0.3) is 5.91 Å². The second-order valence-corrected chi connectivity index (χ2v) is 9.37. The summed E-state index contributed by atoms with van der Waals surface area (Å²) in [5, 5.41) is 11.7. The highest BCUT2D eigenvalue weighted by Gasteiger charge is 2.28. The van der Waals surface area contributed by atoms with Gasteiger partial charge in [0.2, 0.25) is 0 Å². The minimum absolute atomic E-state index is 0.0189. The molecule has 1 fully saturated rings. The van der Waals surface area contributed by atoms with Crippen LogP contribution in [0.1, 0.15) is 54.6 Å². The van der Waals surface area contributed by atoms with Crippen molar-refractivity contribution < 1.29 is 27.8 Å². The Bertz CT molecular complexity index is 1260. The van der Waals surface area contributed by atoms with Crippen LogP contribution in [0.15, 0.2) is 42.7 Å². The highest BCUT2D eigenvalue weighted by molar-refractivity contribution is 6.03. The second-order valence-electron chi connectivity index (χ2n) is 9.37. The van der Waals surface area contributed by atoms with Gasteiger partial charge in [-0.25, -0.2) is 18.2 Å².